The third-order valence-corrected chi connectivity index (χ3v) is 15.9. The molecule has 14 heteroatoms. The van der Waals surface area contributed by atoms with Gasteiger partial charge in [0.15, 0.2) is 11.9 Å². The van der Waals surface area contributed by atoms with Crippen LogP contribution >= 0.6 is 0 Å². The van der Waals surface area contributed by atoms with Gasteiger partial charge in [0.1, 0.15) is 11.3 Å². The maximum atomic E-state index is 12.8. The van der Waals surface area contributed by atoms with Gasteiger partial charge in [-0.2, -0.15) is 36.5 Å². The second-order valence-electron chi connectivity index (χ2n) is 18.1. The zero-order chi connectivity index (χ0) is 43.2. The lowest BCUT2D eigenvalue weighted by molar-refractivity contribution is -0.469. The molecule has 1 amide bonds. The topological polar surface area (TPSA) is 165 Å². The van der Waals surface area contributed by atoms with Gasteiger partial charge in [-0.3, -0.25) is 13.9 Å². The lowest BCUT2D eigenvalue weighted by atomic mass is 9.64. The Balaban J connectivity index is 1.25. The lowest BCUT2D eigenvalue weighted by Crippen LogP contribution is -2.55. The molecular weight excluding hydrogens is 791 g/mol. The van der Waals surface area contributed by atoms with Crippen LogP contribution in [0.2, 0.25) is 0 Å². The van der Waals surface area contributed by atoms with Crippen molar-refractivity contribution in [1.82, 2.24) is 10.1 Å². The molecule has 0 bridgehead atoms. The van der Waals surface area contributed by atoms with Crippen molar-refractivity contribution in [3.63, 3.8) is 0 Å². The van der Waals surface area contributed by atoms with Crippen molar-refractivity contribution in [2.45, 2.75) is 116 Å². The zero-order valence-corrected chi connectivity index (χ0v) is 36.8. The van der Waals surface area contributed by atoms with Gasteiger partial charge < -0.3 is 5.11 Å². The summed E-state index contributed by atoms with van der Waals surface area (Å²) in [5.74, 6) is -0.941. The van der Waals surface area contributed by atoms with Gasteiger partial charge in [0.2, 0.25) is 11.6 Å². The minimum Gasteiger partial charge on any atom is -0.371 e. The van der Waals surface area contributed by atoms with Crippen molar-refractivity contribution >= 4 is 31.9 Å². The first-order valence-corrected chi connectivity index (χ1v) is 23.3. The molecule has 0 aromatic rings. The number of carbonyl (C=O) groups is 1. The molecule has 6 rings (SSSR count). The Morgan fingerprint density at radius 3 is 2.34 bits per heavy atom. The highest BCUT2D eigenvalue weighted by molar-refractivity contribution is 7.89. The first kappa shape index (κ1) is 44.8. The van der Waals surface area contributed by atoms with Crippen LogP contribution in [0.5, 0.6) is 0 Å². The molecule has 3 N–H and O–H groups in total. The summed E-state index contributed by atoms with van der Waals surface area (Å²) >= 11 is 0. The van der Waals surface area contributed by atoms with Crippen LogP contribution < -0.4 is 0 Å². The maximum absolute atomic E-state index is 12.8. The van der Waals surface area contributed by atoms with Crippen LogP contribution in [-0.4, -0.2) is 86.5 Å². The number of hydrogen-bond acceptors (Lipinski definition) is 8. The summed E-state index contributed by atoms with van der Waals surface area (Å²) in [6, 6.07) is -0.342. The molecule has 0 spiro atoms. The fourth-order valence-corrected chi connectivity index (χ4v) is 10.8. The highest BCUT2D eigenvalue weighted by Gasteiger charge is 2.64. The third kappa shape index (κ3) is 8.59. The molecule has 0 radical (unpaired) electrons. The van der Waals surface area contributed by atoms with E-state index >= 15 is 0 Å². The Morgan fingerprint density at radius 2 is 1.66 bits per heavy atom. The standard InChI is InChI=1S/C45H59N3O9S2/c1-32-29-34(58(51,52)53)30-35-41(32)48(57-47-39(49)23-24-40(47)50)45(7,43(35,4)5)26-17-13-9-12-16-22-38-42(2,3)36-31-44(6,59(54,55)56)27-25-37(36)46(38)28-18-21-33-19-14-10-8-11-15-20-33/h8-17,19-20,22,25,30-32,35,39,41,49H,18,21,23-24,26-29H2,1-7H3,(H-,51,52,53,54,55,56)/p+1/b10-8-,11-8?,12-9+,14-10?,15-11-,17-13+,19-14-,20-15?,22-16+,33-19?,33-20+. The molecule has 6 aliphatic rings. The fourth-order valence-electron chi connectivity index (χ4n) is 9.47. The summed E-state index contributed by atoms with van der Waals surface area (Å²) in [6.45, 7) is 14.4. The van der Waals surface area contributed by atoms with Crippen molar-refractivity contribution in [3.05, 3.63) is 119 Å². The molecule has 6 atom stereocenters. The predicted octanol–water partition coefficient (Wildman–Crippen LogP) is 7.47. The SMILES string of the molecule is CC1CC(S(=O)(=O)O)=CC2C1N(ON1C(=O)CCC1O)C(C)(C/C=C/C=C/C=C/C1=[N+](CCCC3=C/C=C\C=C/C=C\3)C3=CCC(C)(S(=O)(=O)O)C=C3C1(C)C)C2(C)C. The van der Waals surface area contributed by atoms with Gasteiger partial charge in [-0.25, -0.2) is 0 Å². The summed E-state index contributed by atoms with van der Waals surface area (Å²) < 4.78 is 70.6. The van der Waals surface area contributed by atoms with Gasteiger partial charge in [0.25, 0.3) is 20.2 Å². The number of allylic oxidation sites excluding steroid dienone is 16. The molecule has 3 heterocycles. The van der Waals surface area contributed by atoms with E-state index in [0.29, 0.717) is 13.0 Å². The van der Waals surface area contributed by atoms with Gasteiger partial charge in [-0.15, -0.1) is 0 Å². The summed E-state index contributed by atoms with van der Waals surface area (Å²) in [7, 11) is -8.76. The van der Waals surface area contributed by atoms with E-state index in [1.54, 1.807) is 24.1 Å². The van der Waals surface area contributed by atoms with Crippen LogP contribution in [-0.2, 0) is 30.0 Å². The van der Waals surface area contributed by atoms with E-state index < -0.39 is 47.6 Å². The zero-order valence-electron chi connectivity index (χ0n) is 35.2. The number of nitrogens with zero attached hydrogens (tertiary/aromatic N) is 3. The number of fused-ring (bicyclic) bond motifs is 2. The van der Waals surface area contributed by atoms with Crippen LogP contribution in [0.1, 0.15) is 93.4 Å². The van der Waals surface area contributed by atoms with Crippen molar-refractivity contribution in [2.24, 2.45) is 22.7 Å². The summed E-state index contributed by atoms with van der Waals surface area (Å²) in [4.78, 5) is 19.1. The monoisotopic (exact) mass is 850 g/mol. The first-order valence-electron chi connectivity index (χ1n) is 20.4. The third-order valence-electron chi connectivity index (χ3n) is 13.5. The molecule has 59 heavy (non-hydrogen) atoms. The first-order chi connectivity index (χ1) is 27.5. The van der Waals surface area contributed by atoms with Gasteiger partial charge in [-0.1, -0.05) is 106 Å². The summed E-state index contributed by atoms with van der Waals surface area (Å²) in [5, 5.41) is 13.4. The average molecular weight is 851 g/mol. The Hall–Kier alpha value is -3.76. The molecule has 320 valence electrons. The molecule has 12 nitrogen and oxygen atoms in total. The number of aliphatic hydroxyl groups is 1. The summed E-state index contributed by atoms with van der Waals surface area (Å²) in [5.41, 5.74) is 2.09. The van der Waals surface area contributed by atoms with Crippen molar-refractivity contribution in [2.75, 3.05) is 6.54 Å². The minimum absolute atomic E-state index is 0.0214. The molecule has 3 aliphatic carbocycles. The average Bonchev–Trinajstić information content (AvgIpc) is 3.62. The van der Waals surface area contributed by atoms with Crippen LogP contribution in [0.15, 0.2) is 119 Å². The molecule has 0 aromatic heterocycles. The van der Waals surface area contributed by atoms with E-state index in [1.165, 1.54) is 5.57 Å². The number of amides is 1. The van der Waals surface area contributed by atoms with E-state index in [0.717, 1.165) is 34.9 Å². The van der Waals surface area contributed by atoms with Crippen LogP contribution in [0, 0.1) is 22.7 Å². The molecule has 3 aliphatic heterocycles. The van der Waals surface area contributed by atoms with Gasteiger partial charge in [-0.05, 0) is 76.4 Å². The molecule has 2 fully saturated rings. The van der Waals surface area contributed by atoms with Crippen molar-refractivity contribution in [3.8, 4) is 0 Å². The van der Waals surface area contributed by atoms with E-state index in [1.807, 2.05) is 94.5 Å². The number of aliphatic hydroxyl groups excluding tert-OH is 1. The molecule has 2 saturated heterocycles. The molecular formula is C45H60N3O9S2+. The van der Waals surface area contributed by atoms with Crippen LogP contribution in [0.4, 0.5) is 0 Å². The van der Waals surface area contributed by atoms with E-state index in [-0.39, 0.29) is 54.4 Å². The number of rotatable bonds is 13. The Bertz CT molecular complexity index is 2290. The second kappa shape index (κ2) is 16.6. The second-order valence-corrected chi connectivity index (χ2v) is 21.5. The van der Waals surface area contributed by atoms with E-state index in [2.05, 4.69) is 36.7 Å². The molecule has 0 saturated carbocycles. The van der Waals surface area contributed by atoms with E-state index in [9.17, 15) is 35.8 Å². The largest absolute Gasteiger partial charge is 0.371 e. The normalized spacial score (nSPS) is 34.7. The quantitative estimate of drug-likeness (QED) is 0.0962. The Labute approximate surface area is 350 Å². The smallest absolute Gasteiger partial charge is 0.290 e. The minimum atomic E-state index is -4.40. The van der Waals surface area contributed by atoms with Gasteiger partial charge in [0, 0.05) is 42.9 Å². The maximum Gasteiger partial charge on any atom is 0.290 e. The predicted molar refractivity (Wildman–Crippen MR) is 229 cm³/mol. The van der Waals surface area contributed by atoms with Crippen LogP contribution in [0.3, 0.4) is 0 Å². The number of hydrogen-bond donors (Lipinski definition) is 3. The summed E-state index contributed by atoms with van der Waals surface area (Å²) in [6.07, 6.45) is 33.1. The Morgan fingerprint density at radius 1 is 0.966 bits per heavy atom. The van der Waals surface area contributed by atoms with Crippen molar-refractivity contribution in [1.29, 1.82) is 0 Å². The van der Waals surface area contributed by atoms with E-state index in [4.69, 9.17) is 4.94 Å². The number of carbonyl (C=O) groups excluding carboxylic acids is 1. The van der Waals surface area contributed by atoms with Gasteiger partial charge in [0.05, 0.1) is 15.9 Å². The molecule has 6 unspecified atom stereocenters. The fraction of sp³-hybridized carbons (Fsp3) is 0.511. The number of hydroxylamine groups is 4. The molecule has 0 aromatic carbocycles. The van der Waals surface area contributed by atoms with Crippen molar-refractivity contribution < 1.29 is 45.4 Å². The highest BCUT2D eigenvalue weighted by Crippen LogP contribution is 2.59. The van der Waals surface area contributed by atoms with Gasteiger partial charge >= 0.3 is 0 Å². The van der Waals surface area contributed by atoms with Crippen LogP contribution in [0.25, 0.3) is 0 Å². The highest BCUT2D eigenvalue weighted by atomic mass is 32.2. The lowest BCUT2D eigenvalue weighted by Gasteiger charge is -2.45. The Kier molecular flexibility index (Phi) is 12.6.